The van der Waals surface area contributed by atoms with Gasteiger partial charge in [-0.05, 0) is 42.3 Å². The van der Waals surface area contributed by atoms with Crippen LogP contribution in [0.4, 0.5) is 10.1 Å². The van der Waals surface area contributed by atoms with Crippen molar-refractivity contribution >= 4 is 28.9 Å². The Morgan fingerprint density at radius 2 is 1.81 bits per heavy atom. The van der Waals surface area contributed by atoms with Crippen molar-refractivity contribution in [1.29, 1.82) is 0 Å². The molecule has 0 radical (unpaired) electrons. The van der Waals surface area contributed by atoms with E-state index in [0.717, 1.165) is 11.1 Å². The van der Waals surface area contributed by atoms with Crippen molar-refractivity contribution in [3.8, 4) is 0 Å². The van der Waals surface area contributed by atoms with E-state index in [0.29, 0.717) is 48.5 Å². The second-order valence-electron chi connectivity index (χ2n) is 7.67. The summed E-state index contributed by atoms with van der Waals surface area (Å²) in [6.07, 6.45) is 0. The monoisotopic (exact) mass is 394 g/mol. The summed E-state index contributed by atoms with van der Waals surface area (Å²) < 4.78 is 14.6. The van der Waals surface area contributed by atoms with Crippen molar-refractivity contribution < 1.29 is 9.50 Å². The lowest BCUT2D eigenvalue weighted by molar-refractivity contribution is -0.0871. The van der Waals surface area contributed by atoms with Crippen LogP contribution in [0.1, 0.15) is 24.0 Å². The maximum atomic E-state index is 14.6. The molecule has 2 aromatic rings. The summed E-state index contributed by atoms with van der Waals surface area (Å²) >= 11 is 12.5. The smallest absolute Gasteiger partial charge is 0.146 e. The molecule has 2 saturated heterocycles. The fraction of sp³-hybridized carbons (Fsp3) is 0.400. The number of hydrogen-bond acceptors (Lipinski definition) is 3. The molecule has 1 N–H and O–H groups in total. The van der Waals surface area contributed by atoms with Gasteiger partial charge < -0.3 is 10.0 Å². The summed E-state index contributed by atoms with van der Waals surface area (Å²) in [6, 6.07) is 10.9. The van der Waals surface area contributed by atoms with Crippen molar-refractivity contribution in [3.05, 3.63) is 63.4 Å². The van der Waals surface area contributed by atoms with E-state index in [1.54, 1.807) is 6.07 Å². The molecule has 0 saturated carbocycles. The zero-order valence-corrected chi connectivity index (χ0v) is 16.1. The Morgan fingerprint density at radius 3 is 2.38 bits per heavy atom. The molecule has 0 aromatic heterocycles. The van der Waals surface area contributed by atoms with Crippen LogP contribution in [0.3, 0.4) is 0 Å². The summed E-state index contributed by atoms with van der Waals surface area (Å²) in [6.45, 7) is 5.14. The van der Waals surface area contributed by atoms with Gasteiger partial charge in [-0.25, -0.2) is 4.39 Å². The molecule has 4 rings (SSSR count). The second kappa shape index (κ2) is 6.68. The largest absolute Gasteiger partial charge is 0.388 e. The van der Waals surface area contributed by atoms with Crippen molar-refractivity contribution in [1.82, 2.24) is 4.90 Å². The van der Waals surface area contributed by atoms with E-state index in [1.165, 1.54) is 0 Å². The van der Waals surface area contributed by atoms with Crippen molar-refractivity contribution in [2.24, 2.45) is 0 Å². The van der Waals surface area contributed by atoms with Crippen LogP contribution in [-0.2, 0) is 6.54 Å². The molecule has 2 heterocycles. The van der Waals surface area contributed by atoms with E-state index < -0.39 is 5.60 Å². The summed E-state index contributed by atoms with van der Waals surface area (Å²) in [7, 11) is 0. The van der Waals surface area contributed by atoms with Gasteiger partial charge in [0.2, 0.25) is 0 Å². The van der Waals surface area contributed by atoms with Crippen LogP contribution in [0, 0.1) is 5.82 Å². The summed E-state index contributed by atoms with van der Waals surface area (Å²) in [4.78, 5) is 4.12. The highest BCUT2D eigenvalue weighted by Crippen LogP contribution is 2.39. The lowest BCUT2D eigenvalue weighted by Crippen LogP contribution is -2.59. The van der Waals surface area contributed by atoms with Crippen LogP contribution in [0.25, 0.3) is 0 Å². The zero-order chi connectivity index (χ0) is 18.5. The molecule has 0 aliphatic carbocycles. The van der Waals surface area contributed by atoms with Crippen LogP contribution in [0.2, 0.25) is 10.0 Å². The van der Waals surface area contributed by atoms with Gasteiger partial charge in [0.15, 0.2) is 0 Å². The number of β-amino-alcohol motifs (C(OH)–C–C–N with tert-alkyl or cyclic N) is 1. The Kier molecular flexibility index (Phi) is 4.64. The molecule has 3 nitrogen and oxygen atoms in total. The zero-order valence-electron chi connectivity index (χ0n) is 14.6. The number of anilines is 1. The number of benzene rings is 2. The minimum atomic E-state index is -0.606. The maximum Gasteiger partial charge on any atom is 0.146 e. The van der Waals surface area contributed by atoms with E-state index in [2.05, 4.69) is 4.90 Å². The lowest BCUT2D eigenvalue weighted by atomic mass is 9.90. The van der Waals surface area contributed by atoms with Crippen molar-refractivity contribution in [3.63, 3.8) is 0 Å². The molecule has 2 aliphatic rings. The summed E-state index contributed by atoms with van der Waals surface area (Å²) in [5.74, 6) is 0.0112. The molecule has 0 bridgehead atoms. The first kappa shape index (κ1) is 18.1. The Morgan fingerprint density at radius 1 is 1.15 bits per heavy atom. The molecular formula is C20H21Cl2FN2O. The van der Waals surface area contributed by atoms with Gasteiger partial charge in [0.25, 0.3) is 0 Å². The Bertz CT molecular complexity index is 808. The first-order valence-electron chi connectivity index (χ1n) is 8.74. The molecule has 2 aliphatic heterocycles. The second-order valence-corrected chi connectivity index (χ2v) is 8.48. The minimum Gasteiger partial charge on any atom is -0.388 e. The number of likely N-dealkylation sites (tertiary alicyclic amines) is 1. The van der Waals surface area contributed by atoms with E-state index in [9.17, 15) is 9.50 Å². The molecule has 0 unspecified atom stereocenters. The highest BCUT2D eigenvalue weighted by atomic mass is 35.5. The average molecular weight is 395 g/mol. The molecule has 2 aromatic carbocycles. The quantitative estimate of drug-likeness (QED) is 0.836. The molecule has 26 heavy (non-hydrogen) atoms. The van der Waals surface area contributed by atoms with Crippen molar-refractivity contribution in [2.75, 3.05) is 31.1 Å². The van der Waals surface area contributed by atoms with Crippen LogP contribution >= 0.6 is 23.2 Å². The summed E-state index contributed by atoms with van der Waals surface area (Å²) in [5.41, 5.74) is 1.89. The number of nitrogens with zero attached hydrogens (tertiary/aromatic N) is 2. The van der Waals surface area contributed by atoms with Gasteiger partial charge in [-0.1, -0.05) is 35.3 Å². The predicted molar refractivity (Wildman–Crippen MR) is 104 cm³/mol. The molecule has 0 atom stereocenters. The lowest BCUT2D eigenvalue weighted by Gasteiger charge is -2.44. The van der Waals surface area contributed by atoms with Crippen LogP contribution in [0.5, 0.6) is 0 Å². The Balaban J connectivity index is 1.40. The Hall–Kier alpha value is -1.33. The van der Waals surface area contributed by atoms with Gasteiger partial charge >= 0.3 is 0 Å². The highest BCUT2D eigenvalue weighted by Gasteiger charge is 2.36. The fourth-order valence-corrected chi connectivity index (χ4v) is 4.66. The molecular weight excluding hydrogens is 374 g/mol. The van der Waals surface area contributed by atoms with Crippen molar-refractivity contribution in [2.45, 2.75) is 25.0 Å². The fourth-order valence-electron chi connectivity index (χ4n) is 3.95. The van der Waals surface area contributed by atoms with E-state index in [4.69, 9.17) is 23.2 Å². The van der Waals surface area contributed by atoms with Gasteiger partial charge in [0, 0.05) is 48.7 Å². The maximum absolute atomic E-state index is 14.6. The van der Waals surface area contributed by atoms with Crippen LogP contribution in [0.15, 0.2) is 36.4 Å². The van der Waals surface area contributed by atoms with Gasteiger partial charge in [0.05, 0.1) is 11.3 Å². The van der Waals surface area contributed by atoms with Gasteiger partial charge in [0.1, 0.15) is 5.82 Å². The molecule has 138 valence electrons. The highest BCUT2D eigenvalue weighted by molar-refractivity contribution is 6.36. The normalized spacial score (nSPS) is 20.0. The third kappa shape index (κ3) is 3.44. The number of hydrogen-bond donors (Lipinski definition) is 1. The number of rotatable bonds is 4. The molecule has 0 spiro atoms. The first-order chi connectivity index (χ1) is 12.3. The van der Waals surface area contributed by atoms with Gasteiger partial charge in [-0.2, -0.15) is 0 Å². The van der Waals surface area contributed by atoms with Crippen LogP contribution in [-0.4, -0.2) is 41.8 Å². The molecule has 6 heteroatoms. The van der Waals surface area contributed by atoms with Crippen LogP contribution < -0.4 is 4.90 Å². The van der Waals surface area contributed by atoms with Gasteiger partial charge in [-0.3, -0.25) is 4.90 Å². The SMILES string of the molecule is CC1(O)CN(Cc2ccc(N3CC(c4c(Cl)cccc4Cl)C3)c(F)c2)C1. The topological polar surface area (TPSA) is 26.7 Å². The average Bonchev–Trinajstić information content (AvgIpc) is 2.48. The standard InChI is InChI=1S/C20H21Cl2FN2O/c1-20(26)11-24(12-20)8-13-5-6-18(17(23)7-13)25-9-14(10-25)19-15(21)3-2-4-16(19)22/h2-7,14,26H,8-12H2,1H3. The first-order valence-corrected chi connectivity index (χ1v) is 9.50. The molecule has 2 fully saturated rings. The van der Waals surface area contributed by atoms with E-state index >= 15 is 0 Å². The Labute approximate surface area is 162 Å². The third-order valence-electron chi connectivity index (χ3n) is 5.18. The summed E-state index contributed by atoms with van der Waals surface area (Å²) in [5, 5.41) is 11.1. The van der Waals surface area contributed by atoms with E-state index in [-0.39, 0.29) is 11.7 Å². The van der Waals surface area contributed by atoms with E-state index in [1.807, 2.05) is 42.2 Å². The number of halogens is 3. The minimum absolute atomic E-state index is 0.210. The molecule has 0 amide bonds. The number of aliphatic hydroxyl groups is 1. The van der Waals surface area contributed by atoms with Gasteiger partial charge in [-0.15, -0.1) is 0 Å². The predicted octanol–water partition coefficient (Wildman–Crippen LogP) is 4.30. The third-order valence-corrected chi connectivity index (χ3v) is 5.84.